The zero-order valence-electron chi connectivity index (χ0n) is 12.4. The Kier molecular flexibility index (Phi) is 5.36. The van der Waals surface area contributed by atoms with Crippen LogP contribution in [0.4, 0.5) is 18.9 Å². The molecule has 2 aromatic rings. The molecule has 0 spiro atoms. The van der Waals surface area contributed by atoms with E-state index in [0.29, 0.717) is 5.69 Å². The molecule has 0 aliphatic carbocycles. The molecule has 0 atom stereocenters. The van der Waals surface area contributed by atoms with Crippen LogP contribution >= 0.6 is 0 Å². The fourth-order valence-corrected chi connectivity index (χ4v) is 1.88. The maximum Gasteiger partial charge on any atom is 0.416 e. The molecule has 0 radical (unpaired) electrons. The summed E-state index contributed by atoms with van der Waals surface area (Å²) in [5.74, 6) is -0.346. The van der Waals surface area contributed by atoms with Crippen LogP contribution in [0.1, 0.15) is 15.9 Å². The van der Waals surface area contributed by atoms with Crippen LogP contribution in [0.5, 0.6) is 0 Å². The number of para-hydroxylation sites is 1. The summed E-state index contributed by atoms with van der Waals surface area (Å²) in [6, 6.07) is 12.8. The largest absolute Gasteiger partial charge is 0.416 e. The first-order valence-electron chi connectivity index (χ1n) is 6.91. The average molecular weight is 333 g/mol. The summed E-state index contributed by atoms with van der Waals surface area (Å²) in [7, 11) is 0. The van der Waals surface area contributed by atoms with E-state index in [-0.39, 0.29) is 11.4 Å². The normalized spacial score (nSPS) is 11.7. The van der Waals surface area contributed by atoms with E-state index in [0.717, 1.165) is 30.5 Å². The number of amides is 1. The molecule has 0 heterocycles. The second kappa shape index (κ2) is 7.45. The van der Waals surface area contributed by atoms with Crippen molar-refractivity contribution in [3.63, 3.8) is 0 Å². The molecule has 2 aromatic carbocycles. The maximum absolute atomic E-state index is 12.5. The highest BCUT2D eigenvalue weighted by atomic mass is 19.4. The predicted octanol–water partition coefficient (Wildman–Crippen LogP) is 4.04. The molecule has 24 heavy (non-hydrogen) atoms. The lowest BCUT2D eigenvalue weighted by Gasteiger charge is -2.13. The Labute approximate surface area is 136 Å². The number of halogens is 3. The molecule has 7 heteroatoms. The Morgan fingerprint density at radius 1 is 1.00 bits per heavy atom. The van der Waals surface area contributed by atoms with Gasteiger partial charge in [0.1, 0.15) is 5.82 Å². The van der Waals surface area contributed by atoms with Gasteiger partial charge >= 0.3 is 6.18 Å². The van der Waals surface area contributed by atoms with Gasteiger partial charge in [-0.05, 0) is 42.5 Å². The van der Waals surface area contributed by atoms with Crippen molar-refractivity contribution >= 4 is 17.8 Å². The van der Waals surface area contributed by atoms with E-state index in [4.69, 9.17) is 5.41 Å². The summed E-state index contributed by atoms with van der Waals surface area (Å²) < 4.78 is 37.6. The standard InChI is InChI=1S/C17H14F3N3O/c18-17(19,20)13-8-6-12(7-9-13)16(24)23-15(10-11-21)22-14-4-2-1-3-5-14/h1-11,21-22H,(H,23,24)/b15-10+,21-11?. The number of carbonyl (C=O) groups excluding carboxylic acids is 1. The van der Waals surface area contributed by atoms with Gasteiger partial charge < -0.3 is 16.0 Å². The third kappa shape index (κ3) is 4.70. The minimum atomic E-state index is -4.45. The van der Waals surface area contributed by atoms with Gasteiger partial charge in [-0.1, -0.05) is 18.2 Å². The molecule has 124 valence electrons. The van der Waals surface area contributed by atoms with Gasteiger partial charge in [-0.2, -0.15) is 13.2 Å². The van der Waals surface area contributed by atoms with Gasteiger partial charge in [0.2, 0.25) is 0 Å². The molecule has 0 bridgehead atoms. The minimum absolute atomic E-state index is 0.0775. The van der Waals surface area contributed by atoms with E-state index >= 15 is 0 Å². The SMILES string of the molecule is N=C/C=C(/NC(=O)c1ccc(C(F)(F)F)cc1)Nc1ccccc1. The van der Waals surface area contributed by atoms with Crippen molar-refractivity contribution in [1.82, 2.24) is 5.32 Å². The highest BCUT2D eigenvalue weighted by molar-refractivity contribution is 5.96. The number of anilines is 1. The van der Waals surface area contributed by atoms with Gasteiger partial charge in [-0.15, -0.1) is 0 Å². The Morgan fingerprint density at radius 2 is 1.62 bits per heavy atom. The monoisotopic (exact) mass is 333 g/mol. The van der Waals surface area contributed by atoms with Crippen molar-refractivity contribution in [2.45, 2.75) is 6.18 Å². The van der Waals surface area contributed by atoms with Crippen LogP contribution in [0.25, 0.3) is 0 Å². The minimum Gasteiger partial charge on any atom is -0.342 e. The molecule has 0 fully saturated rings. The number of carbonyl (C=O) groups is 1. The van der Waals surface area contributed by atoms with E-state index in [1.54, 1.807) is 24.3 Å². The highest BCUT2D eigenvalue weighted by Gasteiger charge is 2.30. The fourth-order valence-electron chi connectivity index (χ4n) is 1.88. The van der Waals surface area contributed by atoms with Crippen LogP contribution in [0.3, 0.4) is 0 Å². The van der Waals surface area contributed by atoms with E-state index in [9.17, 15) is 18.0 Å². The fraction of sp³-hybridized carbons (Fsp3) is 0.0588. The van der Waals surface area contributed by atoms with Crippen molar-refractivity contribution in [1.29, 1.82) is 5.41 Å². The summed E-state index contributed by atoms with van der Waals surface area (Å²) in [6.45, 7) is 0. The Balaban J connectivity index is 2.11. The van der Waals surface area contributed by atoms with E-state index in [2.05, 4.69) is 10.6 Å². The second-order valence-corrected chi connectivity index (χ2v) is 4.77. The summed E-state index contributed by atoms with van der Waals surface area (Å²) in [5, 5.41) is 12.6. The van der Waals surface area contributed by atoms with Crippen LogP contribution in [0, 0.1) is 5.41 Å². The van der Waals surface area contributed by atoms with Crippen LogP contribution < -0.4 is 10.6 Å². The smallest absolute Gasteiger partial charge is 0.342 e. The van der Waals surface area contributed by atoms with E-state index < -0.39 is 17.6 Å². The second-order valence-electron chi connectivity index (χ2n) is 4.77. The first-order valence-corrected chi connectivity index (χ1v) is 6.91. The summed E-state index contributed by atoms with van der Waals surface area (Å²) in [5.41, 5.74) is -0.0521. The lowest BCUT2D eigenvalue weighted by Crippen LogP contribution is -2.27. The summed E-state index contributed by atoms with van der Waals surface area (Å²) >= 11 is 0. The van der Waals surface area contributed by atoms with Gasteiger partial charge in [0.15, 0.2) is 0 Å². The number of rotatable bonds is 5. The number of benzene rings is 2. The number of hydrogen-bond acceptors (Lipinski definition) is 3. The van der Waals surface area contributed by atoms with Gasteiger partial charge in [-0.25, -0.2) is 0 Å². The van der Waals surface area contributed by atoms with Crippen molar-refractivity contribution in [2.75, 3.05) is 5.32 Å². The summed E-state index contributed by atoms with van der Waals surface area (Å²) in [4.78, 5) is 12.1. The molecule has 4 nitrogen and oxygen atoms in total. The first kappa shape index (κ1) is 17.3. The van der Waals surface area contributed by atoms with Crippen molar-refractivity contribution < 1.29 is 18.0 Å². The number of hydrogen-bond donors (Lipinski definition) is 3. The van der Waals surface area contributed by atoms with Crippen LogP contribution in [0.2, 0.25) is 0 Å². The quantitative estimate of drug-likeness (QED) is 0.723. The maximum atomic E-state index is 12.5. The van der Waals surface area contributed by atoms with Crippen LogP contribution in [-0.2, 0) is 6.18 Å². The Hall–Kier alpha value is -3.09. The van der Waals surface area contributed by atoms with Gasteiger partial charge in [0.05, 0.1) is 5.56 Å². The molecule has 0 aromatic heterocycles. The molecular weight excluding hydrogens is 319 g/mol. The van der Waals surface area contributed by atoms with E-state index in [1.807, 2.05) is 6.07 Å². The molecular formula is C17H14F3N3O. The van der Waals surface area contributed by atoms with Crippen molar-refractivity contribution in [2.24, 2.45) is 0 Å². The molecule has 0 aliphatic heterocycles. The van der Waals surface area contributed by atoms with Crippen molar-refractivity contribution in [3.8, 4) is 0 Å². The zero-order valence-corrected chi connectivity index (χ0v) is 12.4. The van der Waals surface area contributed by atoms with Gasteiger partial charge in [-0.3, -0.25) is 4.79 Å². The number of allylic oxidation sites excluding steroid dienone is 1. The molecule has 1 amide bonds. The third-order valence-electron chi connectivity index (χ3n) is 3.03. The van der Waals surface area contributed by atoms with Gasteiger partial charge in [0.25, 0.3) is 5.91 Å². The number of alkyl halides is 3. The Bertz CT molecular complexity index is 738. The molecule has 0 saturated heterocycles. The van der Waals surface area contributed by atoms with Crippen LogP contribution in [0.15, 0.2) is 66.5 Å². The lowest BCUT2D eigenvalue weighted by molar-refractivity contribution is -0.137. The molecule has 0 saturated carbocycles. The molecule has 2 rings (SSSR count). The highest BCUT2D eigenvalue weighted by Crippen LogP contribution is 2.29. The van der Waals surface area contributed by atoms with Gasteiger partial charge in [0, 0.05) is 17.5 Å². The third-order valence-corrected chi connectivity index (χ3v) is 3.03. The summed E-state index contributed by atoms with van der Waals surface area (Å²) in [6.07, 6.45) is -2.14. The molecule has 0 unspecified atom stereocenters. The number of nitrogens with one attached hydrogen (secondary N) is 3. The Morgan fingerprint density at radius 3 is 2.17 bits per heavy atom. The predicted molar refractivity (Wildman–Crippen MR) is 85.8 cm³/mol. The zero-order chi connectivity index (χ0) is 17.6. The van der Waals surface area contributed by atoms with Crippen molar-refractivity contribution in [3.05, 3.63) is 77.6 Å². The average Bonchev–Trinajstić information content (AvgIpc) is 2.55. The molecule has 3 N–H and O–H groups in total. The lowest BCUT2D eigenvalue weighted by atomic mass is 10.1. The van der Waals surface area contributed by atoms with E-state index in [1.165, 1.54) is 6.08 Å². The first-order chi connectivity index (χ1) is 11.4. The van der Waals surface area contributed by atoms with Crippen LogP contribution in [-0.4, -0.2) is 12.1 Å². The topological polar surface area (TPSA) is 65.0 Å². The molecule has 0 aliphatic rings.